The van der Waals surface area contributed by atoms with Gasteiger partial charge in [0, 0.05) is 6.20 Å². The van der Waals surface area contributed by atoms with Gasteiger partial charge in [-0.2, -0.15) is 0 Å². The van der Waals surface area contributed by atoms with Gasteiger partial charge in [0.2, 0.25) is 0 Å². The van der Waals surface area contributed by atoms with Crippen LogP contribution in [0, 0.1) is 0 Å². The van der Waals surface area contributed by atoms with Crippen LogP contribution in [-0.2, 0) is 6.42 Å². The lowest BCUT2D eigenvalue weighted by atomic mass is 10.1. The smallest absolute Gasteiger partial charge is 0.265 e. The molecule has 0 bridgehead atoms. The first-order valence-electron chi connectivity index (χ1n) is 4.15. The molecule has 0 saturated carbocycles. The number of aromatic nitrogens is 1. The molecule has 1 heterocycles. The molecule has 3 nitrogen and oxygen atoms in total. The first kappa shape index (κ1) is 10.8. The van der Waals surface area contributed by atoms with Crippen molar-refractivity contribution in [3.8, 4) is 5.75 Å². The second kappa shape index (κ2) is 4.32. The Morgan fingerprint density at radius 1 is 1.57 bits per heavy atom. The van der Waals surface area contributed by atoms with Gasteiger partial charge in [0.15, 0.2) is 0 Å². The Labute approximate surface area is 80.9 Å². The van der Waals surface area contributed by atoms with Gasteiger partial charge in [-0.05, 0) is 12.1 Å². The highest BCUT2D eigenvalue weighted by Gasteiger charge is 2.29. The van der Waals surface area contributed by atoms with Gasteiger partial charge in [0.25, 0.3) is 5.92 Å². The molecule has 0 aromatic carbocycles. The van der Waals surface area contributed by atoms with Gasteiger partial charge in [-0.1, -0.05) is 0 Å². The summed E-state index contributed by atoms with van der Waals surface area (Å²) in [5.41, 5.74) is 5.15. The van der Waals surface area contributed by atoms with Crippen molar-refractivity contribution in [1.29, 1.82) is 0 Å². The zero-order valence-electron chi connectivity index (χ0n) is 7.84. The van der Waals surface area contributed by atoms with E-state index in [0.717, 1.165) is 0 Å². The van der Waals surface area contributed by atoms with E-state index in [1.807, 2.05) is 0 Å². The van der Waals surface area contributed by atoms with E-state index in [9.17, 15) is 8.78 Å². The van der Waals surface area contributed by atoms with Gasteiger partial charge in [-0.15, -0.1) is 0 Å². The molecule has 0 aliphatic carbocycles. The van der Waals surface area contributed by atoms with E-state index < -0.39 is 18.9 Å². The van der Waals surface area contributed by atoms with Crippen LogP contribution in [0.5, 0.6) is 5.75 Å². The van der Waals surface area contributed by atoms with Crippen LogP contribution in [0.4, 0.5) is 8.78 Å². The fourth-order valence-electron chi connectivity index (χ4n) is 1.06. The average Bonchev–Trinajstić information content (AvgIpc) is 2.18. The topological polar surface area (TPSA) is 48.1 Å². The first-order valence-corrected chi connectivity index (χ1v) is 4.15. The summed E-state index contributed by atoms with van der Waals surface area (Å²) in [4.78, 5) is 3.82. The molecule has 1 aromatic rings. The maximum Gasteiger partial charge on any atom is 0.265 e. The number of hydrogen-bond donors (Lipinski definition) is 1. The molecule has 1 aromatic heterocycles. The van der Waals surface area contributed by atoms with Gasteiger partial charge in [0.05, 0.1) is 25.8 Å². The summed E-state index contributed by atoms with van der Waals surface area (Å²) in [6, 6.07) is 3.22. The Bertz CT molecular complexity index is 305. The molecule has 14 heavy (non-hydrogen) atoms. The maximum atomic E-state index is 12.9. The first-order chi connectivity index (χ1) is 6.59. The van der Waals surface area contributed by atoms with Crippen LogP contribution in [-0.4, -0.2) is 24.6 Å². The number of halogens is 2. The van der Waals surface area contributed by atoms with Crippen molar-refractivity contribution in [2.45, 2.75) is 12.3 Å². The van der Waals surface area contributed by atoms with E-state index >= 15 is 0 Å². The third-order valence-corrected chi connectivity index (χ3v) is 1.79. The highest BCUT2D eigenvalue weighted by Crippen LogP contribution is 2.23. The van der Waals surface area contributed by atoms with E-state index in [1.54, 1.807) is 12.1 Å². The molecule has 0 radical (unpaired) electrons. The molecule has 0 aliphatic heterocycles. The Balaban J connectivity index is 2.85. The summed E-state index contributed by atoms with van der Waals surface area (Å²) in [6.07, 6.45) is 0.956. The molecule has 0 atom stereocenters. The minimum Gasteiger partial charge on any atom is -0.495 e. The summed E-state index contributed by atoms with van der Waals surface area (Å²) in [5.74, 6) is -2.57. The maximum absolute atomic E-state index is 12.9. The van der Waals surface area contributed by atoms with Gasteiger partial charge >= 0.3 is 0 Å². The predicted molar refractivity (Wildman–Crippen MR) is 48.5 cm³/mol. The van der Waals surface area contributed by atoms with Crippen molar-refractivity contribution in [3.63, 3.8) is 0 Å². The zero-order valence-corrected chi connectivity index (χ0v) is 7.84. The van der Waals surface area contributed by atoms with Crippen LogP contribution in [0.15, 0.2) is 18.3 Å². The van der Waals surface area contributed by atoms with Crippen molar-refractivity contribution in [3.05, 3.63) is 24.0 Å². The van der Waals surface area contributed by atoms with Crippen LogP contribution in [0.25, 0.3) is 0 Å². The van der Waals surface area contributed by atoms with Gasteiger partial charge in [-0.25, -0.2) is 8.78 Å². The predicted octanol–water partition coefficient (Wildman–Crippen LogP) is 1.23. The Kier molecular flexibility index (Phi) is 3.35. The van der Waals surface area contributed by atoms with Crippen molar-refractivity contribution in [2.24, 2.45) is 5.73 Å². The van der Waals surface area contributed by atoms with E-state index in [0.29, 0.717) is 5.75 Å². The largest absolute Gasteiger partial charge is 0.495 e. The monoisotopic (exact) mass is 202 g/mol. The van der Waals surface area contributed by atoms with Crippen LogP contribution >= 0.6 is 0 Å². The molecule has 0 spiro atoms. The van der Waals surface area contributed by atoms with Crippen LogP contribution < -0.4 is 10.5 Å². The number of rotatable bonds is 4. The Hall–Kier alpha value is -1.23. The molecule has 0 aliphatic rings. The summed E-state index contributed by atoms with van der Waals surface area (Å²) in [5, 5.41) is 0. The average molecular weight is 202 g/mol. The Morgan fingerprint density at radius 2 is 2.29 bits per heavy atom. The number of pyridine rings is 1. The van der Waals surface area contributed by atoms with E-state index in [2.05, 4.69) is 4.98 Å². The number of hydrogen-bond acceptors (Lipinski definition) is 3. The van der Waals surface area contributed by atoms with Crippen molar-refractivity contribution >= 4 is 0 Å². The van der Waals surface area contributed by atoms with E-state index in [-0.39, 0.29) is 5.69 Å². The van der Waals surface area contributed by atoms with Crippen molar-refractivity contribution in [2.75, 3.05) is 13.7 Å². The van der Waals surface area contributed by atoms with Gasteiger partial charge < -0.3 is 10.5 Å². The summed E-state index contributed by atoms with van der Waals surface area (Å²) in [6.45, 7) is -0.688. The molecule has 0 unspecified atom stereocenters. The summed E-state index contributed by atoms with van der Waals surface area (Å²) in [7, 11) is 1.42. The fourth-order valence-corrected chi connectivity index (χ4v) is 1.06. The molecule has 5 heteroatoms. The van der Waals surface area contributed by atoms with Crippen LogP contribution in [0.1, 0.15) is 5.69 Å². The highest BCUT2D eigenvalue weighted by atomic mass is 19.3. The SMILES string of the molecule is COc1cccnc1CC(F)(F)CN. The van der Waals surface area contributed by atoms with Gasteiger partial charge in [-0.3, -0.25) is 4.98 Å². The molecule has 1 rings (SSSR count). The molecule has 78 valence electrons. The summed E-state index contributed by atoms with van der Waals surface area (Å²) >= 11 is 0. The highest BCUT2D eigenvalue weighted by molar-refractivity contribution is 5.27. The zero-order chi connectivity index (χ0) is 10.6. The molecule has 0 saturated heterocycles. The van der Waals surface area contributed by atoms with E-state index in [4.69, 9.17) is 10.5 Å². The normalized spacial score (nSPS) is 11.4. The Morgan fingerprint density at radius 3 is 2.86 bits per heavy atom. The second-order valence-electron chi connectivity index (χ2n) is 2.89. The lowest BCUT2D eigenvalue weighted by molar-refractivity contribution is 0.00997. The minimum atomic E-state index is -2.93. The minimum absolute atomic E-state index is 0.227. The lowest BCUT2D eigenvalue weighted by Crippen LogP contribution is -2.30. The molecular formula is C9H12F2N2O. The van der Waals surface area contributed by atoms with Crippen molar-refractivity contribution in [1.82, 2.24) is 4.98 Å². The quantitative estimate of drug-likeness (QED) is 0.798. The lowest BCUT2D eigenvalue weighted by Gasteiger charge is -2.14. The van der Waals surface area contributed by atoms with E-state index in [1.165, 1.54) is 13.3 Å². The van der Waals surface area contributed by atoms with Gasteiger partial charge in [0.1, 0.15) is 5.75 Å². The summed E-state index contributed by atoms with van der Waals surface area (Å²) < 4.78 is 30.8. The van der Waals surface area contributed by atoms with Crippen LogP contribution in [0.2, 0.25) is 0 Å². The molecule has 0 amide bonds. The third-order valence-electron chi connectivity index (χ3n) is 1.79. The second-order valence-corrected chi connectivity index (χ2v) is 2.89. The molecule has 2 N–H and O–H groups in total. The fraction of sp³-hybridized carbons (Fsp3) is 0.444. The third kappa shape index (κ3) is 2.63. The molecule has 0 fully saturated rings. The molecular weight excluding hydrogens is 190 g/mol. The van der Waals surface area contributed by atoms with Crippen LogP contribution in [0.3, 0.4) is 0 Å². The number of nitrogens with two attached hydrogens (primary N) is 1. The van der Waals surface area contributed by atoms with Crippen molar-refractivity contribution < 1.29 is 13.5 Å². The standard InChI is InChI=1S/C9H12F2N2O/c1-14-8-3-2-4-13-7(8)5-9(10,11)6-12/h2-4H,5-6,12H2,1H3. The number of methoxy groups -OCH3 is 1. The number of alkyl halides is 2. The number of nitrogens with zero attached hydrogens (tertiary/aromatic N) is 1. The number of ether oxygens (including phenoxy) is 1.